The Labute approximate surface area is 88.8 Å². The van der Waals surface area contributed by atoms with Crippen LogP contribution < -0.4 is 0 Å². The average Bonchev–Trinajstić information content (AvgIpc) is 2.76. The second-order valence-electron chi connectivity index (χ2n) is 4.01. The fourth-order valence-electron chi connectivity index (χ4n) is 2.07. The van der Waals surface area contributed by atoms with Gasteiger partial charge in [-0.3, -0.25) is 9.67 Å². The van der Waals surface area contributed by atoms with Crippen molar-refractivity contribution in [3.8, 4) is 11.4 Å². The van der Waals surface area contributed by atoms with Crippen molar-refractivity contribution in [2.75, 3.05) is 0 Å². The number of hydrogen-bond donors (Lipinski definition) is 0. The molecule has 0 aliphatic carbocycles. The topological polar surface area (TPSA) is 30.7 Å². The molecular formula is C12H13N3. The summed E-state index contributed by atoms with van der Waals surface area (Å²) in [5.41, 5.74) is 4.37. The second-order valence-corrected chi connectivity index (χ2v) is 4.01. The summed E-state index contributed by atoms with van der Waals surface area (Å²) in [6, 6.07) is 8.22. The Balaban J connectivity index is 2.06. The van der Waals surface area contributed by atoms with E-state index in [4.69, 9.17) is 0 Å². The van der Waals surface area contributed by atoms with Crippen molar-refractivity contribution in [1.82, 2.24) is 14.8 Å². The van der Waals surface area contributed by atoms with E-state index in [9.17, 15) is 0 Å². The van der Waals surface area contributed by atoms with Gasteiger partial charge in [0.2, 0.25) is 0 Å². The van der Waals surface area contributed by atoms with Gasteiger partial charge in [-0.05, 0) is 38.0 Å². The normalized spacial score (nSPS) is 14.2. The second kappa shape index (κ2) is 3.19. The van der Waals surface area contributed by atoms with Crippen LogP contribution in [0.25, 0.3) is 11.4 Å². The first kappa shape index (κ1) is 8.65. The van der Waals surface area contributed by atoms with E-state index in [2.05, 4.69) is 20.8 Å². The molecule has 0 atom stereocenters. The third-order valence-corrected chi connectivity index (χ3v) is 2.82. The summed E-state index contributed by atoms with van der Waals surface area (Å²) in [6.07, 6.45) is 2.38. The van der Waals surface area contributed by atoms with Gasteiger partial charge in [-0.2, -0.15) is 5.10 Å². The molecule has 0 N–H and O–H groups in total. The minimum absolute atomic E-state index is 0.983. The number of fused-ring (bicyclic) bond motifs is 1. The maximum Gasteiger partial charge on any atom is 0.111 e. The monoisotopic (exact) mass is 199 g/mol. The average molecular weight is 199 g/mol. The molecule has 0 radical (unpaired) electrons. The molecule has 0 aromatic carbocycles. The van der Waals surface area contributed by atoms with Crippen LogP contribution in [0.15, 0.2) is 24.3 Å². The molecular weight excluding hydrogens is 186 g/mol. The van der Waals surface area contributed by atoms with Crippen molar-refractivity contribution in [3.63, 3.8) is 0 Å². The standard InChI is InChI=1S/C12H13N3/c1-9-4-2-6-11(13-9)12-8-10-5-3-7-15(10)14-12/h2,4,6,8H,3,5,7H2,1H3. The Morgan fingerprint density at radius 1 is 1.27 bits per heavy atom. The number of aryl methyl sites for hydroxylation is 3. The molecule has 0 unspecified atom stereocenters. The highest BCUT2D eigenvalue weighted by molar-refractivity contribution is 5.54. The zero-order chi connectivity index (χ0) is 10.3. The lowest BCUT2D eigenvalue weighted by molar-refractivity contribution is 0.658. The Morgan fingerprint density at radius 2 is 2.20 bits per heavy atom. The molecule has 0 amide bonds. The molecule has 1 aliphatic heterocycles. The molecule has 0 fully saturated rings. The molecule has 3 heteroatoms. The zero-order valence-corrected chi connectivity index (χ0v) is 8.77. The van der Waals surface area contributed by atoms with Gasteiger partial charge in [0.25, 0.3) is 0 Å². The number of rotatable bonds is 1. The van der Waals surface area contributed by atoms with Gasteiger partial charge >= 0.3 is 0 Å². The van der Waals surface area contributed by atoms with Gasteiger partial charge in [0.1, 0.15) is 5.69 Å². The molecule has 0 saturated carbocycles. The van der Waals surface area contributed by atoms with Gasteiger partial charge in [-0.15, -0.1) is 0 Å². The van der Waals surface area contributed by atoms with Crippen LogP contribution in [0.5, 0.6) is 0 Å². The summed E-state index contributed by atoms with van der Waals surface area (Å²) >= 11 is 0. The summed E-state index contributed by atoms with van der Waals surface area (Å²) in [5.74, 6) is 0. The van der Waals surface area contributed by atoms with Gasteiger partial charge < -0.3 is 0 Å². The molecule has 3 heterocycles. The highest BCUT2D eigenvalue weighted by Crippen LogP contribution is 2.21. The Morgan fingerprint density at radius 3 is 3.00 bits per heavy atom. The summed E-state index contributed by atoms with van der Waals surface area (Å²) in [4.78, 5) is 4.48. The molecule has 1 aliphatic rings. The first-order chi connectivity index (χ1) is 7.33. The Kier molecular flexibility index (Phi) is 1.84. The van der Waals surface area contributed by atoms with Gasteiger partial charge in [0.05, 0.1) is 5.69 Å². The summed E-state index contributed by atoms with van der Waals surface area (Å²) in [7, 11) is 0. The lowest BCUT2D eigenvalue weighted by Gasteiger charge is -1.97. The minimum Gasteiger partial charge on any atom is -0.269 e. The van der Waals surface area contributed by atoms with Crippen molar-refractivity contribution in [1.29, 1.82) is 0 Å². The first-order valence-electron chi connectivity index (χ1n) is 5.34. The summed E-state index contributed by atoms with van der Waals surface area (Å²) in [6.45, 7) is 3.06. The Bertz CT molecular complexity index is 478. The van der Waals surface area contributed by atoms with Gasteiger partial charge in [-0.1, -0.05) is 6.07 Å². The first-order valence-corrected chi connectivity index (χ1v) is 5.34. The van der Waals surface area contributed by atoms with Crippen LogP contribution in [0, 0.1) is 6.92 Å². The Hall–Kier alpha value is -1.64. The highest BCUT2D eigenvalue weighted by Gasteiger charge is 2.14. The molecule has 3 rings (SSSR count). The van der Waals surface area contributed by atoms with Crippen molar-refractivity contribution in [3.05, 3.63) is 35.7 Å². The molecule has 3 nitrogen and oxygen atoms in total. The van der Waals surface area contributed by atoms with E-state index in [0.29, 0.717) is 0 Å². The molecule has 2 aromatic heterocycles. The highest BCUT2D eigenvalue weighted by atomic mass is 15.3. The van der Waals surface area contributed by atoms with Gasteiger partial charge in [0, 0.05) is 17.9 Å². The number of pyridine rings is 1. The number of hydrogen-bond acceptors (Lipinski definition) is 2. The third-order valence-electron chi connectivity index (χ3n) is 2.82. The maximum absolute atomic E-state index is 4.56. The van der Waals surface area contributed by atoms with Gasteiger partial charge in [0.15, 0.2) is 0 Å². The fourth-order valence-corrected chi connectivity index (χ4v) is 2.07. The molecule has 76 valence electrons. The minimum atomic E-state index is 0.983. The van der Waals surface area contributed by atoms with Crippen LogP contribution in [0.3, 0.4) is 0 Å². The van der Waals surface area contributed by atoms with Crippen LogP contribution in [0.4, 0.5) is 0 Å². The van der Waals surface area contributed by atoms with Crippen LogP contribution in [0.1, 0.15) is 17.8 Å². The maximum atomic E-state index is 4.56. The van der Waals surface area contributed by atoms with Crippen LogP contribution in [-0.2, 0) is 13.0 Å². The van der Waals surface area contributed by atoms with Crippen molar-refractivity contribution < 1.29 is 0 Å². The van der Waals surface area contributed by atoms with Crippen LogP contribution in [0.2, 0.25) is 0 Å². The van der Waals surface area contributed by atoms with E-state index in [0.717, 1.165) is 30.0 Å². The molecule has 0 saturated heterocycles. The molecule has 0 bridgehead atoms. The zero-order valence-electron chi connectivity index (χ0n) is 8.77. The van der Waals surface area contributed by atoms with E-state index in [1.165, 1.54) is 12.1 Å². The van der Waals surface area contributed by atoms with Gasteiger partial charge in [-0.25, -0.2) is 0 Å². The van der Waals surface area contributed by atoms with Crippen molar-refractivity contribution >= 4 is 0 Å². The van der Waals surface area contributed by atoms with Crippen LogP contribution in [-0.4, -0.2) is 14.8 Å². The summed E-state index contributed by atoms with van der Waals surface area (Å²) < 4.78 is 2.10. The fraction of sp³-hybridized carbons (Fsp3) is 0.333. The predicted molar refractivity (Wildman–Crippen MR) is 58.5 cm³/mol. The lowest BCUT2D eigenvalue weighted by Crippen LogP contribution is -1.95. The SMILES string of the molecule is Cc1cccc(-c2cc3n(n2)CCC3)n1. The largest absolute Gasteiger partial charge is 0.269 e. The molecule has 0 spiro atoms. The predicted octanol–water partition coefficient (Wildman–Crippen LogP) is 2.20. The number of aromatic nitrogens is 3. The quantitative estimate of drug-likeness (QED) is 0.705. The number of nitrogens with zero attached hydrogens (tertiary/aromatic N) is 3. The van der Waals surface area contributed by atoms with E-state index >= 15 is 0 Å². The third kappa shape index (κ3) is 1.44. The lowest BCUT2D eigenvalue weighted by atomic mass is 10.2. The van der Waals surface area contributed by atoms with E-state index in [-0.39, 0.29) is 0 Å². The molecule has 15 heavy (non-hydrogen) atoms. The van der Waals surface area contributed by atoms with E-state index in [1.807, 2.05) is 25.1 Å². The van der Waals surface area contributed by atoms with Crippen molar-refractivity contribution in [2.45, 2.75) is 26.3 Å². The van der Waals surface area contributed by atoms with Crippen molar-refractivity contribution in [2.24, 2.45) is 0 Å². The summed E-state index contributed by atoms with van der Waals surface area (Å²) in [5, 5.41) is 4.56. The van der Waals surface area contributed by atoms with Crippen LogP contribution >= 0.6 is 0 Å². The van der Waals surface area contributed by atoms with E-state index < -0.39 is 0 Å². The van der Waals surface area contributed by atoms with E-state index in [1.54, 1.807) is 0 Å². The smallest absolute Gasteiger partial charge is 0.111 e. The molecule has 2 aromatic rings.